The van der Waals surface area contributed by atoms with Gasteiger partial charge < -0.3 is 20.1 Å². The summed E-state index contributed by atoms with van der Waals surface area (Å²) >= 11 is 0. The lowest BCUT2D eigenvalue weighted by Crippen LogP contribution is -2.64. The molecule has 3 aliphatic rings. The zero-order valence-corrected chi connectivity index (χ0v) is 17.9. The Morgan fingerprint density at radius 2 is 2.00 bits per heavy atom. The van der Waals surface area contributed by atoms with Crippen molar-refractivity contribution < 1.29 is 14.4 Å². The third-order valence-electron chi connectivity index (χ3n) is 6.33. The predicted octanol–water partition coefficient (Wildman–Crippen LogP) is 1.78. The molecule has 31 heavy (non-hydrogen) atoms. The van der Waals surface area contributed by atoms with Crippen LogP contribution in [-0.4, -0.2) is 49.8 Å². The van der Waals surface area contributed by atoms with Crippen molar-refractivity contribution in [2.75, 3.05) is 0 Å². The first-order chi connectivity index (χ1) is 14.9. The van der Waals surface area contributed by atoms with E-state index in [0.29, 0.717) is 6.54 Å². The van der Waals surface area contributed by atoms with E-state index in [9.17, 15) is 14.4 Å². The molecule has 5 rings (SSSR count). The van der Waals surface area contributed by atoms with E-state index in [1.165, 1.54) is 6.33 Å². The number of aromatic nitrogens is 2. The maximum atomic E-state index is 13.5. The highest BCUT2D eigenvalue weighted by Crippen LogP contribution is 2.39. The lowest BCUT2D eigenvalue weighted by molar-refractivity contribution is -0.133. The minimum absolute atomic E-state index is 0.0187. The Morgan fingerprint density at radius 3 is 2.68 bits per heavy atom. The predicted molar refractivity (Wildman–Crippen MR) is 113 cm³/mol. The highest BCUT2D eigenvalue weighted by molar-refractivity contribution is 6.07. The van der Waals surface area contributed by atoms with Gasteiger partial charge in [0.2, 0.25) is 5.91 Å². The summed E-state index contributed by atoms with van der Waals surface area (Å²) in [5.74, 6) is -0.800. The highest BCUT2D eigenvalue weighted by atomic mass is 16.2. The van der Waals surface area contributed by atoms with Crippen LogP contribution >= 0.6 is 0 Å². The third kappa shape index (κ3) is 3.60. The molecule has 0 saturated heterocycles. The quantitative estimate of drug-likeness (QED) is 0.743. The number of fused-ring (bicyclic) bond motifs is 1. The van der Waals surface area contributed by atoms with Crippen LogP contribution in [0.4, 0.5) is 0 Å². The van der Waals surface area contributed by atoms with Gasteiger partial charge in [0.1, 0.15) is 11.2 Å². The monoisotopic (exact) mass is 421 g/mol. The summed E-state index contributed by atoms with van der Waals surface area (Å²) in [6.07, 6.45) is 5.16. The van der Waals surface area contributed by atoms with Crippen LogP contribution in [-0.2, 0) is 17.9 Å². The molecule has 2 heterocycles. The number of nitrogens with one attached hydrogen (secondary N) is 2. The van der Waals surface area contributed by atoms with Gasteiger partial charge in [-0.1, -0.05) is 29.8 Å². The topological polar surface area (TPSA) is 96.3 Å². The van der Waals surface area contributed by atoms with Crippen molar-refractivity contribution in [2.45, 2.75) is 70.2 Å². The molecule has 0 bridgehead atoms. The highest BCUT2D eigenvalue weighted by Gasteiger charge is 2.53. The molecule has 162 valence electrons. The van der Waals surface area contributed by atoms with Gasteiger partial charge in [0, 0.05) is 18.6 Å². The molecule has 2 aromatic rings. The molecule has 1 aliphatic heterocycles. The number of aryl methyl sites for hydroxylation is 1. The molecule has 1 aromatic heterocycles. The number of amides is 3. The van der Waals surface area contributed by atoms with Gasteiger partial charge in [0.05, 0.1) is 12.9 Å². The maximum Gasteiger partial charge on any atom is 0.274 e. The summed E-state index contributed by atoms with van der Waals surface area (Å²) in [4.78, 5) is 45.4. The first-order valence-corrected chi connectivity index (χ1v) is 10.9. The Morgan fingerprint density at radius 1 is 1.23 bits per heavy atom. The number of carbonyl (C=O) groups excluding carboxylic acids is 3. The largest absolute Gasteiger partial charge is 0.350 e. The van der Waals surface area contributed by atoms with Crippen molar-refractivity contribution in [2.24, 2.45) is 0 Å². The molecule has 0 radical (unpaired) electrons. The van der Waals surface area contributed by atoms with Crippen molar-refractivity contribution in [3.8, 4) is 0 Å². The maximum absolute atomic E-state index is 13.5. The van der Waals surface area contributed by atoms with Gasteiger partial charge in [-0.25, -0.2) is 4.98 Å². The summed E-state index contributed by atoms with van der Waals surface area (Å²) in [5.41, 5.74) is 1.55. The van der Waals surface area contributed by atoms with Gasteiger partial charge in [0.15, 0.2) is 5.69 Å². The van der Waals surface area contributed by atoms with E-state index < -0.39 is 5.54 Å². The lowest BCUT2D eigenvalue weighted by Gasteiger charge is -2.44. The molecule has 3 amide bonds. The second-order valence-electron chi connectivity index (χ2n) is 9.17. The Labute approximate surface area is 181 Å². The molecule has 0 unspecified atom stereocenters. The van der Waals surface area contributed by atoms with E-state index >= 15 is 0 Å². The van der Waals surface area contributed by atoms with Gasteiger partial charge in [-0.05, 0) is 45.1 Å². The smallest absolute Gasteiger partial charge is 0.274 e. The summed E-state index contributed by atoms with van der Waals surface area (Å²) in [7, 11) is 0. The Balaban J connectivity index is 1.41. The molecule has 1 atom stereocenters. The average molecular weight is 422 g/mol. The summed E-state index contributed by atoms with van der Waals surface area (Å²) in [6, 6.07) is 8.18. The first kappa shape index (κ1) is 19.8. The molecule has 0 spiro atoms. The van der Waals surface area contributed by atoms with E-state index in [2.05, 4.69) is 15.6 Å². The summed E-state index contributed by atoms with van der Waals surface area (Å²) in [6.45, 7) is 4.49. The van der Waals surface area contributed by atoms with Crippen LogP contribution in [0.1, 0.15) is 64.7 Å². The lowest BCUT2D eigenvalue weighted by atomic mass is 9.93. The Hall–Kier alpha value is -3.16. The normalized spacial score (nSPS) is 22.8. The van der Waals surface area contributed by atoms with E-state index in [0.717, 1.165) is 36.8 Å². The summed E-state index contributed by atoms with van der Waals surface area (Å²) < 4.78 is 1.66. The van der Waals surface area contributed by atoms with Gasteiger partial charge in [0.25, 0.3) is 11.8 Å². The summed E-state index contributed by atoms with van der Waals surface area (Å²) in [5, 5.41) is 5.93. The van der Waals surface area contributed by atoms with Crippen molar-refractivity contribution in [1.29, 1.82) is 0 Å². The molecule has 1 aromatic carbocycles. The Kier molecular flexibility index (Phi) is 4.60. The fraction of sp³-hybridized carbons (Fsp3) is 0.478. The molecule has 8 nitrogen and oxygen atoms in total. The van der Waals surface area contributed by atoms with E-state index in [1.54, 1.807) is 9.47 Å². The molecular formula is C23H27N5O3. The molecule has 8 heteroatoms. The van der Waals surface area contributed by atoms with Crippen LogP contribution in [0.25, 0.3) is 0 Å². The van der Waals surface area contributed by atoms with Crippen LogP contribution in [0.15, 0.2) is 30.6 Å². The van der Waals surface area contributed by atoms with E-state index in [1.807, 2.05) is 38.1 Å². The number of hydrogen-bond donors (Lipinski definition) is 2. The fourth-order valence-electron chi connectivity index (χ4n) is 4.40. The standard InChI is InChI=1S/C23H27N5O3/c1-14-4-3-5-15(10-14)11-24-22(31)23(2)12-27-13-25-18(20(29)26-16-6-7-16)19(27)21(30)28(23)17-8-9-17/h3-5,10,13,16-17H,6-9,11-12H2,1-2H3,(H,24,31)(H,26,29)/t23-/m1/s1. The van der Waals surface area contributed by atoms with Crippen molar-refractivity contribution in [3.63, 3.8) is 0 Å². The second-order valence-corrected chi connectivity index (χ2v) is 9.17. The number of imidazole rings is 1. The van der Waals surface area contributed by atoms with Gasteiger partial charge >= 0.3 is 0 Å². The van der Waals surface area contributed by atoms with Crippen LogP contribution < -0.4 is 10.6 Å². The first-order valence-electron chi connectivity index (χ1n) is 10.9. The zero-order chi connectivity index (χ0) is 21.8. The van der Waals surface area contributed by atoms with Gasteiger partial charge in [-0.2, -0.15) is 0 Å². The average Bonchev–Trinajstić information content (AvgIpc) is 3.66. The Bertz CT molecular complexity index is 1070. The number of benzene rings is 1. The van der Waals surface area contributed by atoms with Crippen LogP contribution in [0.3, 0.4) is 0 Å². The molecular weight excluding hydrogens is 394 g/mol. The van der Waals surface area contributed by atoms with Crippen LogP contribution in [0.5, 0.6) is 0 Å². The van der Waals surface area contributed by atoms with Crippen LogP contribution in [0.2, 0.25) is 0 Å². The number of nitrogens with zero attached hydrogens (tertiary/aromatic N) is 3. The molecule has 2 fully saturated rings. The second kappa shape index (κ2) is 7.21. The van der Waals surface area contributed by atoms with Crippen LogP contribution in [0, 0.1) is 6.92 Å². The number of hydrogen-bond acceptors (Lipinski definition) is 4. The minimum Gasteiger partial charge on any atom is -0.350 e. The SMILES string of the molecule is Cc1cccc(CNC(=O)[C@@]2(C)Cn3cnc(C(=O)NC4CC4)c3C(=O)N2C2CC2)c1. The van der Waals surface area contributed by atoms with Gasteiger partial charge in [-0.15, -0.1) is 0 Å². The van der Waals surface area contributed by atoms with Crippen molar-refractivity contribution >= 4 is 17.7 Å². The molecule has 2 N–H and O–H groups in total. The number of carbonyl (C=O) groups is 3. The van der Waals surface area contributed by atoms with E-state index in [4.69, 9.17) is 0 Å². The van der Waals surface area contributed by atoms with E-state index in [-0.39, 0.29) is 47.7 Å². The zero-order valence-electron chi connectivity index (χ0n) is 17.9. The minimum atomic E-state index is -1.04. The van der Waals surface area contributed by atoms with Gasteiger partial charge in [-0.3, -0.25) is 14.4 Å². The fourth-order valence-corrected chi connectivity index (χ4v) is 4.40. The number of rotatable bonds is 6. The van der Waals surface area contributed by atoms with Crippen molar-refractivity contribution in [1.82, 2.24) is 25.1 Å². The third-order valence-corrected chi connectivity index (χ3v) is 6.33. The molecule has 2 saturated carbocycles. The van der Waals surface area contributed by atoms with Crippen molar-refractivity contribution in [3.05, 3.63) is 53.1 Å². The molecule has 2 aliphatic carbocycles.